The van der Waals surface area contributed by atoms with Crippen LogP contribution in [-0.4, -0.2) is 23.3 Å². The van der Waals surface area contributed by atoms with Gasteiger partial charge in [-0.1, -0.05) is 20.8 Å². The van der Waals surface area contributed by atoms with Crippen LogP contribution >= 0.6 is 0 Å². The van der Waals surface area contributed by atoms with E-state index < -0.39 is 5.60 Å². The zero-order valence-corrected chi connectivity index (χ0v) is 10.1. The predicted molar refractivity (Wildman–Crippen MR) is 60.3 cm³/mol. The van der Waals surface area contributed by atoms with Crippen LogP contribution in [0.5, 0.6) is 0 Å². The molecule has 1 atom stereocenters. The Balaban J connectivity index is 2.52. The molecule has 0 aromatic heterocycles. The van der Waals surface area contributed by atoms with Crippen molar-refractivity contribution in [3.05, 3.63) is 0 Å². The van der Waals surface area contributed by atoms with Crippen LogP contribution in [0.2, 0.25) is 0 Å². The lowest BCUT2D eigenvalue weighted by molar-refractivity contribution is -0.0496. The van der Waals surface area contributed by atoms with Crippen LogP contribution in [-0.2, 0) is 0 Å². The third-order valence-corrected chi connectivity index (χ3v) is 3.79. The normalized spacial score (nSPS) is 27.2. The van der Waals surface area contributed by atoms with E-state index >= 15 is 0 Å². The highest BCUT2D eigenvalue weighted by atomic mass is 16.3. The van der Waals surface area contributed by atoms with Crippen LogP contribution in [0.4, 0.5) is 0 Å². The first-order valence-corrected chi connectivity index (χ1v) is 5.85. The minimum absolute atomic E-state index is 0.226. The highest BCUT2D eigenvalue weighted by molar-refractivity contribution is 4.95. The summed E-state index contributed by atoms with van der Waals surface area (Å²) in [4.78, 5) is 0. The number of rotatable bonds is 3. The smallest absolute Gasteiger partial charge is 0.0797 e. The molecule has 0 saturated heterocycles. The standard InChI is InChI=1S/C12H25NO/c1-5-13-10(2)12(14)8-6-11(3,4)7-9-12/h10,13-14H,5-9H2,1-4H3. The lowest BCUT2D eigenvalue weighted by Crippen LogP contribution is -2.51. The van der Waals surface area contributed by atoms with Gasteiger partial charge < -0.3 is 10.4 Å². The first-order valence-electron chi connectivity index (χ1n) is 5.85. The van der Waals surface area contributed by atoms with Crippen molar-refractivity contribution in [3.8, 4) is 0 Å². The van der Waals surface area contributed by atoms with E-state index in [1.165, 1.54) is 0 Å². The van der Waals surface area contributed by atoms with Crippen LogP contribution in [0.1, 0.15) is 53.4 Å². The third-order valence-electron chi connectivity index (χ3n) is 3.79. The Morgan fingerprint density at radius 2 is 1.71 bits per heavy atom. The molecule has 0 aliphatic heterocycles. The van der Waals surface area contributed by atoms with Crippen molar-refractivity contribution in [2.75, 3.05) is 6.54 Å². The van der Waals surface area contributed by atoms with Crippen LogP contribution < -0.4 is 5.32 Å². The van der Waals surface area contributed by atoms with Gasteiger partial charge in [-0.2, -0.15) is 0 Å². The van der Waals surface area contributed by atoms with E-state index in [1.807, 2.05) is 0 Å². The second kappa shape index (κ2) is 4.19. The summed E-state index contributed by atoms with van der Waals surface area (Å²) < 4.78 is 0. The largest absolute Gasteiger partial charge is 0.388 e. The van der Waals surface area contributed by atoms with Crippen molar-refractivity contribution in [1.82, 2.24) is 5.32 Å². The third kappa shape index (κ3) is 2.71. The molecule has 14 heavy (non-hydrogen) atoms. The molecule has 0 bridgehead atoms. The molecule has 0 aromatic rings. The molecule has 1 unspecified atom stereocenters. The van der Waals surface area contributed by atoms with E-state index in [1.54, 1.807) is 0 Å². The summed E-state index contributed by atoms with van der Waals surface area (Å²) in [6.07, 6.45) is 4.15. The first-order chi connectivity index (χ1) is 6.40. The molecule has 0 heterocycles. The van der Waals surface area contributed by atoms with Gasteiger partial charge in [-0.25, -0.2) is 0 Å². The van der Waals surface area contributed by atoms with Crippen molar-refractivity contribution in [1.29, 1.82) is 0 Å². The fraction of sp³-hybridized carbons (Fsp3) is 1.00. The number of nitrogens with one attached hydrogen (secondary N) is 1. The van der Waals surface area contributed by atoms with Gasteiger partial charge >= 0.3 is 0 Å². The molecule has 2 N–H and O–H groups in total. The van der Waals surface area contributed by atoms with Crippen molar-refractivity contribution in [2.45, 2.75) is 65.0 Å². The molecule has 1 rings (SSSR count). The Labute approximate surface area is 88.1 Å². The number of hydrogen-bond acceptors (Lipinski definition) is 2. The van der Waals surface area contributed by atoms with Crippen LogP contribution in [0, 0.1) is 5.41 Å². The van der Waals surface area contributed by atoms with E-state index in [4.69, 9.17) is 0 Å². The Kier molecular flexibility index (Phi) is 3.59. The van der Waals surface area contributed by atoms with E-state index in [-0.39, 0.29) is 6.04 Å². The molecule has 0 aromatic carbocycles. The van der Waals surface area contributed by atoms with Crippen molar-refractivity contribution in [2.24, 2.45) is 5.41 Å². The number of likely N-dealkylation sites (N-methyl/N-ethyl adjacent to an activating group) is 1. The van der Waals surface area contributed by atoms with Crippen LogP contribution in [0.25, 0.3) is 0 Å². The zero-order chi connectivity index (χ0) is 10.8. The van der Waals surface area contributed by atoms with Gasteiger partial charge in [0.2, 0.25) is 0 Å². The second-order valence-electron chi connectivity index (χ2n) is 5.55. The molecular weight excluding hydrogens is 174 g/mol. The lowest BCUT2D eigenvalue weighted by atomic mass is 9.69. The van der Waals surface area contributed by atoms with E-state index in [2.05, 4.69) is 33.0 Å². The maximum absolute atomic E-state index is 10.4. The molecule has 1 aliphatic carbocycles. The van der Waals surface area contributed by atoms with Gasteiger partial charge in [-0.15, -0.1) is 0 Å². The Morgan fingerprint density at radius 1 is 1.21 bits per heavy atom. The number of hydrogen-bond donors (Lipinski definition) is 2. The summed E-state index contributed by atoms with van der Waals surface area (Å²) in [6, 6.07) is 0.226. The highest BCUT2D eigenvalue weighted by Crippen LogP contribution is 2.41. The van der Waals surface area contributed by atoms with E-state index in [0.29, 0.717) is 5.41 Å². The topological polar surface area (TPSA) is 32.3 Å². The maximum atomic E-state index is 10.4. The quantitative estimate of drug-likeness (QED) is 0.731. The SMILES string of the molecule is CCNC(C)C1(O)CCC(C)(C)CC1. The molecular formula is C12H25NO. The molecule has 1 saturated carbocycles. The van der Waals surface area contributed by atoms with Gasteiger partial charge in [0, 0.05) is 6.04 Å². The molecule has 1 fully saturated rings. The average Bonchev–Trinajstić information content (AvgIpc) is 2.11. The molecule has 0 amide bonds. The number of aliphatic hydroxyl groups is 1. The molecule has 0 radical (unpaired) electrons. The summed E-state index contributed by atoms with van der Waals surface area (Å²) in [5, 5.41) is 13.8. The molecule has 2 heteroatoms. The Morgan fingerprint density at radius 3 is 2.14 bits per heavy atom. The summed E-state index contributed by atoms with van der Waals surface area (Å²) in [5.41, 5.74) is -0.0380. The second-order valence-corrected chi connectivity index (χ2v) is 5.55. The minimum Gasteiger partial charge on any atom is -0.388 e. The summed E-state index contributed by atoms with van der Waals surface area (Å²) in [5.74, 6) is 0. The van der Waals surface area contributed by atoms with Gasteiger partial charge in [-0.05, 0) is 44.6 Å². The minimum atomic E-state index is -0.467. The van der Waals surface area contributed by atoms with E-state index in [0.717, 1.165) is 32.2 Å². The molecule has 0 spiro atoms. The van der Waals surface area contributed by atoms with Gasteiger partial charge in [0.05, 0.1) is 5.60 Å². The van der Waals surface area contributed by atoms with Gasteiger partial charge in [0.15, 0.2) is 0 Å². The van der Waals surface area contributed by atoms with Crippen molar-refractivity contribution in [3.63, 3.8) is 0 Å². The van der Waals surface area contributed by atoms with E-state index in [9.17, 15) is 5.11 Å². The fourth-order valence-corrected chi connectivity index (χ4v) is 2.29. The Bertz CT molecular complexity index is 179. The van der Waals surface area contributed by atoms with Gasteiger partial charge in [-0.3, -0.25) is 0 Å². The van der Waals surface area contributed by atoms with Crippen LogP contribution in [0.3, 0.4) is 0 Å². The average molecular weight is 199 g/mol. The molecule has 2 nitrogen and oxygen atoms in total. The van der Waals surface area contributed by atoms with Gasteiger partial charge in [0.1, 0.15) is 0 Å². The summed E-state index contributed by atoms with van der Waals surface area (Å²) in [6.45, 7) is 9.72. The molecule has 1 aliphatic rings. The first kappa shape index (κ1) is 12.0. The van der Waals surface area contributed by atoms with Crippen molar-refractivity contribution < 1.29 is 5.11 Å². The zero-order valence-electron chi connectivity index (χ0n) is 10.1. The molecule has 84 valence electrons. The predicted octanol–water partition coefficient (Wildman–Crippen LogP) is 2.32. The summed E-state index contributed by atoms with van der Waals surface area (Å²) in [7, 11) is 0. The summed E-state index contributed by atoms with van der Waals surface area (Å²) >= 11 is 0. The Hall–Kier alpha value is -0.0800. The highest BCUT2D eigenvalue weighted by Gasteiger charge is 2.40. The lowest BCUT2D eigenvalue weighted by Gasteiger charge is -2.43. The van der Waals surface area contributed by atoms with Crippen LogP contribution in [0.15, 0.2) is 0 Å². The van der Waals surface area contributed by atoms with Crippen molar-refractivity contribution >= 4 is 0 Å². The fourth-order valence-electron chi connectivity index (χ4n) is 2.29. The monoisotopic (exact) mass is 199 g/mol. The van der Waals surface area contributed by atoms with Gasteiger partial charge in [0.25, 0.3) is 0 Å². The maximum Gasteiger partial charge on any atom is 0.0797 e.